The van der Waals surface area contributed by atoms with Crippen LogP contribution in [0.3, 0.4) is 0 Å². The maximum absolute atomic E-state index is 11.2. The summed E-state index contributed by atoms with van der Waals surface area (Å²) in [6.07, 6.45) is 2.13. The van der Waals surface area contributed by atoms with Crippen LogP contribution in [0.4, 0.5) is 0 Å². The van der Waals surface area contributed by atoms with E-state index in [1.807, 2.05) is 0 Å². The molecular formula is C11H20N2O3. The molecule has 5 nitrogen and oxygen atoms in total. The van der Waals surface area contributed by atoms with Gasteiger partial charge in [-0.1, -0.05) is 0 Å². The van der Waals surface area contributed by atoms with Crippen molar-refractivity contribution in [3.63, 3.8) is 0 Å². The van der Waals surface area contributed by atoms with E-state index < -0.39 is 5.97 Å². The van der Waals surface area contributed by atoms with Crippen LogP contribution >= 0.6 is 0 Å². The molecule has 1 atom stereocenters. The van der Waals surface area contributed by atoms with Crippen LogP contribution in [0.25, 0.3) is 0 Å². The van der Waals surface area contributed by atoms with Gasteiger partial charge in [0.1, 0.15) is 6.04 Å². The largest absolute Gasteiger partial charge is 0.480 e. The fraction of sp³-hybridized carbons (Fsp3) is 0.909. The van der Waals surface area contributed by atoms with Crippen LogP contribution in [-0.2, 0) is 4.79 Å². The molecule has 1 saturated carbocycles. The van der Waals surface area contributed by atoms with E-state index in [4.69, 9.17) is 5.11 Å². The SMILES string of the molecule is O=C(O)C(C1CC1)N1CCN(CCO)CC1. The van der Waals surface area contributed by atoms with Crippen molar-refractivity contribution >= 4 is 5.97 Å². The second kappa shape index (κ2) is 5.12. The Bertz CT molecular complexity index is 248. The molecule has 1 aliphatic heterocycles. The lowest BCUT2D eigenvalue weighted by Crippen LogP contribution is -2.53. The van der Waals surface area contributed by atoms with Crippen molar-refractivity contribution in [2.24, 2.45) is 5.92 Å². The summed E-state index contributed by atoms with van der Waals surface area (Å²) in [6.45, 7) is 4.26. The zero-order valence-corrected chi connectivity index (χ0v) is 9.51. The minimum Gasteiger partial charge on any atom is -0.480 e. The highest BCUT2D eigenvalue weighted by atomic mass is 16.4. The van der Waals surface area contributed by atoms with Crippen LogP contribution in [0.5, 0.6) is 0 Å². The van der Waals surface area contributed by atoms with E-state index in [-0.39, 0.29) is 12.6 Å². The normalized spacial score (nSPS) is 25.6. The Kier molecular flexibility index (Phi) is 3.78. The molecule has 0 spiro atoms. The minimum atomic E-state index is -0.668. The molecule has 0 radical (unpaired) electrons. The number of carbonyl (C=O) groups is 1. The third-order valence-corrected chi connectivity index (χ3v) is 3.54. The number of β-amino-alcohol motifs (C(OH)–C–C–N with tert-alkyl or cyclic N) is 1. The topological polar surface area (TPSA) is 64.0 Å². The Labute approximate surface area is 95.6 Å². The molecule has 0 aromatic rings. The highest BCUT2D eigenvalue weighted by Gasteiger charge is 2.40. The molecule has 0 aromatic heterocycles. The van der Waals surface area contributed by atoms with Gasteiger partial charge in [0.15, 0.2) is 0 Å². The van der Waals surface area contributed by atoms with Crippen LogP contribution < -0.4 is 0 Å². The summed E-state index contributed by atoms with van der Waals surface area (Å²) < 4.78 is 0. The molecule has 16 heavy (non-hydrogen) atoms. The summed E-state index contributed by atoms with van der Waals surface area (Å²) in [5.41, 5.74) is 0. The molecule has 2 fully saturated rings. The van der Waals surface area contributed by atoms with E-state index in [0.29, 0.717) is 12.5 Å². The van der Waals surface area contributed by atoms with Gasteiger partial charge >= 0.3 is 5.97 Å². The summed E-state index contributed by atoms with van der Waals surface area (Å²) in [4.78, 5) is 15.5. The van der Waals surface area contributed by atoms with Gasteiger partial charge in [-0.3, -0.25) is 14.6 Å². The van der Waals surface area contributed by atoms with Gasteiger partial charge in [-0.2, -0.15) is 0 Å². The average molecular weight is 228 g/mol. The minimum absolute atomic E-state index is 0.186. The van der Waals surface area contributed by atoms with E-state index >= 15 is 0 Å². The molecule has 2 N–H and O–H groups in total. The van der Waals surface area contributed by atoms with Crippen molar-refractivity contribution in [1.29, 1.82) is 0 Å². The Morgan fingerprint density at radius 2 is 1.88 bits per heavy atom. The van der Waals surface area contributed by atoms with Gasteiger partial charge in [-0.25, -0.2) is 0 Å². The lowest BCUT2D eigenvalue weighted by Gasteiger charge is -2.37. The summed E-state index contributed by atoms with van der Waals surface area (Å²) in [5.74, 6) is -0.292. The molecular weight excluding hydrogens is 208 g/mol. The number of rotatable bonds is 5. The van der Waals surface area contributed by atoms with Gasteiger partial charge in [0, 0.05) is 32.7 Å². The number of aliphatic hydroxyl groups excluding tert-OH is 1. The second-order valence-corrected chi connectivity index (χ2v) is 4.72. The van der Waals surface area contributed by atoms with E-state index in [1.165, 1.54) is 0 Å². The first-order valence-corrected chi connectivity index (χ1v) is 6.02. The van der Waals surface area contributed by atoms with Gasteiger partial charge < -0.3 is 10.2 Å². The van der Waals surface area contributed by atoms with Crippen LogP contribution in [0, 0.1) is 5.92 Å². The van der Waals surface area contributed by atoms with Gasteiger partial charge in [0.05, 0.1) is 6.61 Å². The molecule has 5 heteroatoms. The molecule has 92 valence electrons. The van der Waals surface area contributed by atoms with E-state index in [1.54, 1.807) is 0 Å². The van der Waals surface area contributed by atoms with Crippen molar-refractivity contribution in [2.45, 2.75) is 18.9 Å². The number of hydrogen-bond acceptors (Lipinski definition) is 4. The number of hydrogen-bond donors (Lipinski definition) is 2. The smallest absolute Gasteiger partial charge is 0.321 e. The first-order chi connectivity index (χ1) is 7.72. The fourth-order valence-electron chi connectivity index (χ4n) is 2.47. The lowest BCUT2D eigenvalue weighted by atomic mass is 10.1. The van der Waals surface area contributed by atoms with Gasteiger partial charge in [0.25, 0.3) is 0 Å². The van der Waals surface area contributed by atoms with Crippen molar-refractivity contribution in [2.75, 3.05) is 39.3 Å². The second-order valence-electron chi connectivity index (χ2n) is 4.72. The molecule has 0 bridgehead atoms. The van der Waals surface area contributed by atoms with Gasteiger partial charge in [-0.05, 0) is 18.8 Å². The van der Waals surface area contributed by atoms with Crippen molar-refractivity contribution in [1.82, 2.24) is 9.80 Å². The van der Waals surface area contributed by atoms with Crippen LogP contribution in [-0.4, -0.2) is 71.4 Å². The number of piperazine rings is 1. The Morgan fingerprint density at radius 3 is 2.31 bits per heavy atom. The monoisotopic (exact) mass is 228 g/mol. The number of aliphatic hydroxyl groups is 1. The van der Waals surface area contributed by atoms with Gasteiger partial charge in [0.2, 0.25) is 0 Å². The van der Waals surface area contributed by atoms with Crippen molar-refractivity contribution < 1.29 is 15.0 Å². The fourth-order valence-corrected chi connectivity index (χ4v) is 2.47. The summed E-state index contributed by atoms with van der Waals surface area (Å²) >= 11 is 0. The predicted octanol–water partition coefficient (Wildman–Crippen LogP) is -0.540. The molecule has 2 rings (SSSR count). The summed E-state index contributed by atoms with van der Waals surface area (Å²) in [5, 5.41) is 18.0. The van der Waals surface area contributed by atoms with E-state index in [0.717, 1.165) is 39.0 Å². The maximum Gasteiger partial charge on any atom is 0.321 e. The van der Waals surface area contributed by atoms with Crippen LogP contribution in [0.1, 0.15) is 12.8 Å². The number of aliphatic carboxylic acids is 1. The zero-order valence-electron chi connectivity index (χ0n) is 9.51. The number of carboxylic acid groups (broad SMARTS) is 1. The van der Waals surface area contributed by atoms with Crippen LogP contribution in [0.15, 0.2) is 0 Å². The molecule has 2 aliphatic rings. The maximum atomic E-state index is 11.2. The molecule has 0 amide bonds. The first kappa shape index (κ1) is 11.8. The summed E-state index contributed by atoms with van der Waals surface area (Å²) in [6, 6.07) is -0.267. The van der Waals surface area contributed by atoms with Crippen molar-refractivity contribution in [3.8, 4) is 0 Å². The molecule has 0 aromatic carbocycles. The highest BCUT2D eigenvalue weighted by Crippen LogP contribution is 2.35. The average Bonchev–Trinajstić information content (AvgIpc) is 3.05. The lowest BCUT2D eigenvalue weighted by molar-refractivity contribution is -0.145. The number of carboxylic acids is 1. The molecule has 1 unspecified atom stereocenters. The standard InChI is InChI=1S/C11H20N2O3/c14-8-7-12-3-5-13(6-4-12)10(11(15)16)9-1-2-9/h9-10,14H,1-8H2,(H,15,16). The van der Waals surface area contributed by atoms with Crippen LogP contribution in [0.2, 0.25) is 0 Å². The predicted molar refractivity (Wildman–Crippen MR) is 59.2 cm³/mol. The Balaban J connectivity index is 1.84. The third kappa shape index (κ3) is 2.72. The Hall–Kier alpha value is -0.650. The number of nitrogens with zero attached hydrogens (tertiary/aromatic N) is 2. The summed E-state index contributed by atoms with van der Waals surface area (Å²) in [7, 11) is 0. The molecule has 1 saturated heterocycles. The van der Waals surface area contributed by atoms with Crippen molar-refractivity contribution in [3.05, 3.63) is 0 Å². The molecule has 1 aliphatic carbocycles. The first-order valence-electron chi connectivity index (χ1n) is 6.02. The quantitative estimate of drug-likeness (QED) is 0.661. The Morgan fingerprint density at radius 1 is 1.25 bits per heavy atom. The zero-order chi connectivity index (χ0) is 11.5. The highest BCUT2D eigenvalue weighted by molar-refractivity contribution is 5.74. The third-order valence-electron chi connectivity index (χ3n) is 3.54. The van der Waals surface area contributed by atoms with E-state index in [9.17, 15) is 9.90 Å². The van der Waals surface area contributed by atoms with Gasteiger partial charge in [-0.15, -0.1) is 0 Å². The van der Waals surface area contributed by atoms with E-state index in [2.05, 4.69) is 9.80 Å². The molecule has 1 heterocycles.